The third kappa shape index (κ3) is 2.72. The van der Waals surface area contributed by atoms with Crippen LogP contribution in [0.2, 0.25) is 0 Å². The van der Waals surface area contributed by atoms with Crippen molar-refractivity contribution in [1.82, 2.24) is 0 Å². The maximum Gasteiger partial charge on any atom is 0.190 e. The van der Waals surface area contributed by atoms with Crippen LogP contribution in [0.3, 0.4) is 0 Å². The minimum atomic E-state index is -1.19. The van der Waals surface area contributed by atoms with Crippen molar-refractivity contribution in [1.29, 1.82) is 0 Å². The Morgan fingerprint density at radius 2 is 2.00 bits per heavy atom. The molecular formula is C15H21NO2. The van der Waals surface area contributed by atoms with Crippen LogP contribution < -0.4 is 0 Å². The Morgan fingerprint density at radius 1 is 1.33 bits per heavy atom. The standard InChI is InChI=1S/C15H21NO2/c1-15(2,3)14-16-12(10-17-4)13(18-14)11-8-6-5-7-9-11/h5-9,12-13H,10H2,1-4H3/t12-,13-/m1/s1/i13D. The predicted octanol–water partition coefficient (Wildman–Crippen LogP) is 3.22. The van der Waals surface area contributed by atoms with Crippen LogP contribution >= 0.6 is 0 Å². The molecule has 0 bridgehead atoms. The Bertz CT molecular complexity index is 467. The minimum Gasteiger partial charge on any atom is -0.470 e. The maximum absolute atomic E-state index is 8.68. The summed E-state index contributed by atoms with van der Waals surface area (Å²) in [5.74, 6) is 0.619. The first-order valence-corrected chi connectivity index (χ1v) is 6.19. The Balaban J connectivity index is 2.36. The average molecular weight is 248 g/mol. The van der Waals surface area contributed by atoms with Crippen LogP contribution in [0.5, 0.6) is 0 Å². The second-order valence-corrected chi connectivity index (χ2v) is 5.49. The summed E-state index contributed by atoms with van der Waals surface area (Å²) in [6.07, 6.45) is -1.19. The highest BCUT2D eigenvalue weighted by atomic mass is 16.5. The first-order valence-electron chi connectivity index (χ1n) is 6.69. The average Bonchev–Trinajstić information content (AvgIpc) is 2.70. The van der Waals surface area contributed by atoms with Gasteiger partial charge in [0, 0.05) is 12.5 Å². The molecule has 1 aliphatic heterocycles. The molecule has 1 aromatic carbocycles. The fraction of sp³-hybridized carbons (Fsp3) is 0.533. The molecule has 3 nitrogen and oxygen atoms in total. The Hall–Kier alpha value is -1.35. The molecule has 18 heavy (non-hydrogen) atoms. The monoisotopic (exact) mass is 248 g/mol. The van der Waals surface area contributed by atoms with Crippen molar-refractivity contribution in [2.45, 2.75) is 32.9 Å². The van der Waals surface area contributed by atoms with E-state index in [1.807, 2.05) is 51.1 Å². The van der Waals surface area contributed by atoms with E-state index < -0.39 is 6.08 Å². The summed E-state index contributed by atoms with van der Waals surface area (Å²) < 4.78 is 19.8. The van der Waals surface area contributed by atoms with E-state index in [4.69, 9.17) is 10.8 Å². The zero-order valence-corrected chi connectivity index (χ0v) is 11.4. The first kappa shape index (κ1) is 11.7. The molecular weight excluding hydrogens is 226 g/mol. The first-order chi connectivity index (χ1) is 8.88. The Labute approximate surface area is 110 Å². The van der Waals surface area contributed by atoms with E-state index in [1.165, 1.54) is 0 Å². The van der Waals surface area contributed by atoms with Crippen molar-refractivity contribution in [3.8, 4) is 0 Å². The molecule has 3 heteroatoms. The van der Waals surface area contributed by atoms with E-state index >= 15 is 0 Å². The lowest BCUT2D eigenvalue weighted by Gasteiger charge is -2.21. The third-order valence-electron chi connectivity index (χ3n) is 2.81. The highest BCUT2D eigenvalue weighted by Gasteiger charge is 2.36. The van der Waals surface area contributed by atoms with Crippen LogP contribution in [0.25, 0.3) is 0 Å². The second-order valence-electron chi connectivity index (χ2n) is 5.49. The molecule has 0 aliphatic carbocycles. The number of rotatable bonds is 3. The van der Waals surface area contributed by atoms with Gasteiger partial charge in [-0.05, 0) is 5.56 Å². The number of aliphatic imine (C=N–C) groups is 1. The molecule has 0 amide bonds. The number of ether oxygens (including phenoxy) is 2. The van der Waals surface area contributed by atoms with Crippen molar-refractivity contribution < 1.29 is 10.8 Å². The highest BCUT2D eigenvalue weighted by Crippen LogP contribution is 2.34. The lowest BCUT2D eigenvalue weighted by molar-refractivity contribution is 0.114. The second kappa shape index (κ2) is 5.11. The van der Waals surface area contributed by atoms with Gasteiger partial charge < -0.3 is 9.47 Å². The number of benzene rings is 1. The van der Waals surface area contributed by atoms with Crippen LogP contribution in [-0.4, -0.2) is 25.7 Å². The van der Waals surface area contributed by atoms with Crippen LogP contribution in [0.15, 0.2) is 35.3 Å². The van der Waals surface area contributed by atoms with Crippen LogP contribution in [0.4, 0.5) is 0 Å². The molecule has 1 aromatic rings. The molecule has 0 unspecified atom stereocenters. The molecule has 0 fully saturated rings. The quantitative estimate of drug-likeness (QED) is 0.822. The van der Waals surface area contributed by atoms with Gasteiger partial charge in [-0.2, -0.15) is 0 Å². The summed E-state index contributed by atoms with van der Waals surface area (Å²) in [7, 11) is 1.62. The van der Waals surface area contributed by atoms with Crippen molar-refractivity contribution in [2.24, 2.45) is 10.4 Å². The summed E-state index contributed by atoms with van der Waals surface area (Å²) in [6, 6.07) is 9.21. The summed E-state index contributed by atoms with van der Waals surface area (Å²) in [5, 5.41) is 0. The Morgan fingerprint density at radius 3 is 2.56 bits per heavy atom. The van der Waals surface area contributed by atoms with Gasteiger partial charge in [0.05, 0.1) is 7.98 Å². The van der Waals surface area contributed by atoms with Gasteiger partial charge in [-0.15, -0.1) is 0 Å². The van der Waals surface area contributed by atoms with Crippen molar-refractivity contribution >= 4 is 5.90 Å². The number of nitrogens with zero attached hydrogens (tertiary/aromatic N) is 1. The molecule has 0 N–H and O–H groups in total. The fourth-order valence-corrected chi connectivity index (χ4v) is 1.87. The summed E-state index contributed by atoms with van der Waals surface area (Å²) in [4.78, 5) is 4.56. The van der Waals surface area contributed by atoms with Gasteiger partial charge >= 0.3 is 0 Å². The molecule has 2 rings (SSSR count). The van der Waals surface area contributed by atoms with Gasteiger partial charge in [0.25, 0.3) is 0 Å². The van der Waals surface area contributed by atoms with Gasteiger partial charge in [0.2, 0.25) is 0 Å². The Kier molecular flexibility index (Phi) is 3.33. The van der Waals surface area contributed by atoms with E-state index in [2.05, 4.69) is 4.99 Å². The van der Waals surface area contributed by atoms with Crippen LogP contribution in [0, 0.1) is 5.41 Å². The van der Waals surface area contributed by atoms with Gasteiger partial charge in [-0.3, -0.25) is 0 Å². The zero-order chi connectivity index (χ0) is 14.1. The van der Waals surface area contributed by atoms with E-state index in [9.17, 15) is 0 Å². The van der Waals surface area contributed by atoms with Crippen LogP contribution in [-0.2, 0) is 9.47 Å². The van der Waals surface area contributed by atoms with Crippen molar-refractivity contribution in [3.63, 3.8) is 0 Å². The van der Waals surface area contributed by atoms with Crippen molar-refractivity contribution in [2.75, 3.05) is 13.7 Å². The normalized spacial score (nSPS) is 28.6. The zero-order valence-electron chi connectivity index (χ0n) is 12.4. The molecule has 0 aromatic heterocycles. The lowest BCUT2D eigenvalue weighted by Crippen LogP contribution is -2.22. The third-order valence-corrected chi connectivity index (χ3v) is 2.81. The molecule has 2 atom stereocenters. The molecule has 0 spiro atoms. The molecule has 98 valence electrons. The predicted molar refractivity (Wildman–Crippen MR) is 72.8 cm³/mol. The summed E-state index contributed by atoms with van der Waals surface area (Å²) >= 11 is 0. The van der Waals surface area contributed by atoms with E-state index in [0.29, 0.717) is 12.5 Å². The van der Waals surface area contributed by atoms with E-state index in [1.54, 1.807) is 7.11 Å². The van der Waals surface area contributed by atoms with Gasteiger partial charge in [0.15, 0.2) is 5.90 Å². The molecule has 0 saturated carbocycles. The van der Waals surface area contributed by atoms with Gasteiger partial charge in [0.1, 0.15) is 12.1 Å². The lowest BCUT2D eigenvalue weighted by atomic mass is 9.97. The molecule has 1 aliphatic rings. The topological polar surface area (TPSA) is 30.8 Å². The number of methoxy groups -OCH3 is 1. The number of hydrogen-bond acceptors (Lipinski definition) is 3. The molecule has 1 heterocycles. The smallest absolute Gasteiger partial charge is 0.190 e. The summed E-state index contributed by atoms with van der Waals surface area (Å²) in [6.45, 7) is 6.48. The highest BCUT2D eigenvalue weighted by molar-refractivity contribution is 5.83. The fourth-order valence-electron chi connectivity index (χ4n) is 1.87. The maximum atomic E-state index is 8.68. The van der Waals surface area contributed by atoms with E-state index in [0.717, 1.165) is 5.56 Å². The SMILES string of the molecule is [2H][C@]1(c2ccccc2)OC(C(C)(C)C)=N[C@@H]1COC. The van der Waals surface area contributed by atoms with Gasteiger partial charge in [-0.25, -0.2) is 4.99 Å². The summed E-state index contributed by atoms with van der Waals surface area (Å²) in [5.41, 5.74) is 0.601. The van der Waals surface area contributed by atoms with Gasteiger partial charge in [-0.1, -0.05) is 51.1 Å². The van der Waals surface area contributed by atoms with Crippen molar-refractivity contribution in [3.05, 3.63) is 35.9 Å². The minimum absolute atomic E-state index is 0.205. The molecule has 0 saturated heterocycles. The molecule has 0 radical (unpaired) electrons. The van der Waals surface area contributed by atoms with Crippen LogP contribution in [0.1, 0.15) is 33.8 Å². The van der Waals surface area contributed by atoms with E-state index in [-0.39, 0.29) is 11.5 Å². The largest absolute Gasteiger partial charge is 0.470 e. The number of hydrogen-bond donors (Lipinski definition) is 0.